The molecule has 0 unspecified atom stereocenters. The van der Waals surface area contributed by atoms with Gasteiger partial charge < -0.3 is 9.84 Å². The molecule has 5 heteroatoms. The molecule has 21 heavy (non-hydrogen) atoms. The Labute approximate surface area is 127 Å². The van der Waals surface area contributed by atoms with Crippen LogP contribution in [-0.4, -0.2) is 21.1 Å². The molecule has 0 saturated carbocycles. The van der Waals surface area contributed by atoms with E-state index in [2.05, 4.69) is 4.98 Å². The van der Waals surface area contributed by atoms with Crippen molar-refractivity contribution in [3.63, 3.8) is 0 Å². The SMILES string of the molecule is CCOc1ccc(-c2nc3ccc(Cl)cn3c2CO)cc1. The summed E-state index contributed by atoms with van der Waals surface area (Å²) in [6.45, 7) is 2.47. The van der Waals surface area contributed by atoms with E-state index < -0.39 is 0 Å². The van der Waals surface area contributed by atoms with Crippen LogP contribution >= 0.6 is 11.6 Å². The van der Waals surface area contributed by atoms with Crippen molar-refractivity contribution in [1.29, 1.82) is 0 Å². The van der Waals surface area contributed by atoms with E-state index >= 15 is 0 Å². The fourth-order valence-electron chi connectivity index (χ4n) is 2.33. The van der Waals surface area contributed by atoms with Gasteiger partial charge in [-0.15, -0.1) is 0 Å². The number of aliphatic hydroxyl groups excluding tert-OH is 1. The number of hydrogen-bond acceptors (Lipinski definition) is 3. The second-order valence-electron chi connectivity index (χ2n) is 4.60. The van der Waals surface area contributed by atoms with Gasteiger partial charge in [-0.05, 0) is 43.3 Å². The quantitative estimate of drug-likeness (QED) is 0.802. The molecule has 2 aromatic heterocycles. The zero-order valence-corrected chi connectivity index (χ0v) is 12.3. The Bertz CT molecular complexity index is 766. The van der Waals surface area contributed by atoms with Gasteiger partial charge in [0.25, 0.3) is 0 Å². The minimum Gasteiger partial charge on any atom is -0.494 e. The Morgan fingerprint density at radius 2 is 1.95 bits per heavy atom. The van der Waals surface area contributed by atoms with Gasteiger partial charge in [-0.2, -0.15) is 0 Å². The van der Waals surface area contributed by atoms with Gasteiger partial charge in [0.15, 0.2) is 0 Å². The van der Waals surface area contributed by atoms with Crippen LogP contribution in [0.25, 0.3) is 16.9 Å². The molecule has 4 nitrogen and oxygen atoms in total. The van der Waals surface area contributed by atoms with Crippen LogP contribution in [0.15, 0.2) is 42.6 Å². The van der Waals surface area contributed by atoms with E-state index in [1.165, 1.54) is 0 Å². The molecule has 0 radical (unpaired) electrons. The maximum Gasteiger partial charge on any atom is 0.137 e. The molecule has 0 amide bonds. The fraction of sp³-hybridized carbons (Fsp3) is 0.188. The monoisotopic (exact) mass is 302 g/mol. The smallest absolute Gasteiger partial charge is 0.137 e. The van der Waals surface area contributed by atoms with Crippen LogP contribution in [0.1, 0.15) is 12.6 Å². The number of imidazole rings is 1. The molecule has 1 aromatic carbocycles. The highest BCUT2D eigenvalue weighted by atomic mass is 35.5. The Hall–Kier alpha value is -2.04. The third-order valence-corrected chi connectivity index (χ3v) is 3.49. The standard InChI is InChI=1S/C16H15ClN2O2/c1-2-21-13-6-3-11(4-7-13)16-14(10-20)19-9-12(17)5-8-15(19)18-16/h3-9,20H,2,10H2,1H3. The van der Waals surface area contributed by atoms with Gasteiger partial charge in [-0.25, -0.2) is 4.98 Å². The number of ether oxygens (including phenoxy) is 1. The van der Waals surface area contributed by atoms with Crippen LogP contribution in [0.4, 0.5) is 0 Å². The van der Waals surface area contributed by atoms with Gasteiger partial charge in [-0.3, -0.25) is 4.40 Å². The first-order valence-corrected chi connectivity index (χ1v) is 7.11. The van der Waals surface area contributed by atoms with Crippen molar-refractivity contribution in [2.45, 2.75) is 13.5 Å². The molecule has 0 fully saturated rings. The van der Waals surface area contributed by atoms with E-state index in [-0.39, 0.29) is 6.61 Å². The minimum atomic E-state index is -0.107. The molecular weight excluding hydrogens is 288 g/mol. The largest absolute Gasteiger partial charge is 0.494 e. The summed E-state index contributed by atoms with van der Waals surface area (Å²) in [6, 6.07) is 11.3. The normalized spacial score (nSPS) is 11.0. The third-order valence-electron chi connectivity index (χ3n) is 3.27. The summed E-state index contributed by atoms with van der Waals surface area (Å²) in [5.74, 6) is 0.818. The molecule has 108 valence electrons. The highest BCUT2D eigenvalue weighted by molar-refractivity contribution is 6.30. The molecular formula is C16H15ClN2O2. The summed E-state index contributed by atoms with van der Waals surface area (Å²) < 4.78 is 7.25. The lowest BCUT2D eigenvalue weighted by atomic mass is 10.1. The van der Waals surface area contributed by atoms with Crippen molar-refractivity contribution >= 4 is 17.2 Å². The third kappa shape index (κ3) is 2.60. The molecule has 3 aromatic rings. The number of halogens is 1. The van der Waals surface area contributed by atoms with E-state index in [1.54, 1.807) is 12.3 Å². The lowest BCUT2D eigenvalue weighted by Gasteiger charge is -2.05. The van der Waals surface area contributed by atoms with E-state index in [0.717, 1.165) is 28.3 Å². The molecule has 0 atom stereocenters. The van der Waals surface area contributed by atoms with Crippen molar-refractivity contribution in [3.8, 4) is 17.0 Å². The molecule has 2 heterocycles. The molecule has 0 spiro atoms. The lowest BCUT2D eigenvalue weighted by molar-refractivity contribution is 0.276. The second-order valence-corrected chi connectivity index (χ2v) is 5.03. The summed E-state index contributed by atoms with van der Waals surface area (Å²) in [4.78, 5) is 4.57. The number of fused-ring (bicyclic) bond motifs is 1. The Morgan fingerprint density at radius 3 is 2.62 bits per heavy atom. The van der Waals surface area contributed by atoms with Gasteiger partial charge in [0.05, 0.1) is 29.6 Å². The van der Waals surface area contributed by atoms with E-state index in [1.807, 2.05) is 41.7 Å². The summed E-state index contributed by atoms with van der Waals surface area (Å²) in [5, 5.41) is 10.3. The molecule has 0 bridgehead atoms. The summed E-state index contributed by atoms with van der Waals surface area (Å²) in [5.41, 5.74) is 3.16. The lowest BCUT2D eigenvalue weighted by Crippen LogP contribution is -1.94. The topological polar surface area (TPSA) is 46.8 Å². The van der Waals surface area contributed by atoms with Gasteiger partial charge in [0.1, 0.15) is 11.4 Å². The maximum atomic E-state index is 9.67. The average Bonchev–Trinajstić information content (AvgIpc) is 2.86. The molecule has 0 aliphatic heterocycles. The Morgan fingerprint density at radius 1 is 1.19 bits per heavy atom. The molecule has 0 aliphatic carbocycles. The second kappa shape index (κ2) is 5.76. The molecule has 0 aliphatic rings. The predicted octanol–water partition coefficient (Wildman–Crippen LogP) is 3.55. The Kier molecular flexibility index (Phi) is 3.82. The van der Waals surface area contributed by atoms with E-state index in [9.17, 15) is 5.11 Å². The van der Waals surface area contributed by atoms with Gasteiger partial charge in [-0.1, -0.05) is 11.6 Å². The van der Waals surface area contributed by atoms with Gasteiger partial charge in [0.2, 0.25) is 0 Å². The number of aliphatic hydroxyl groups is 1. The number of rotatable bonds is 4. The highest BCUT2D eigenvalue weighted by Crippen LogP contribution is 2.27. The molecule has 0 saturated heterocycles. The summed E-state index contributed by atoms with van der Waals surface area (Å²) >= 11 is 6.01. The number of aromatic nitrogens is 2. The van der Waals surface area contributed by atoms with Crippen LogP contribution in [0, 0.1) is 0 Å². The van der Waals surface area contributed by atoms with Gasteiger partial charge >= 0.3 is 0 Å². The van der Waals surface area contributed by atoms with Crippen LogP contribution in [0.2, 0.25) is 5.02 Å². The first-order chi connectivity index (χ1) is 10.2. The summed E-state index contributed by atoms with van der Waals surface area (Å²) in [7, 11) is 0. The predicted molar refractivity (Wildman–Crippen MR) is 82.7 cm³/mol. The van der Waals surface area contributed by atoms with Crippen LogP contribution in [-0.2, 0) is 6.61 Å². The zero-order chi connectivity index (χ0) is 14.8. The van der Waals surface area contributed by atoms with Crippen molar-refractivity contribution in [1.82, 2.24) is 9.38 Å². The van der Waals surface area contributed by atoms with Gasteiger partial charge in [0, 0.05) is 11.8 Å². The van der Waals surface area contributed by atoms with Crippen molar-refractivity contribution in [3.05, 3.63) is 53.3 Å². The summed E-state index contributed by atoms with van der Waals surface area (Å²) in [6.07, 6.45) is 1.76. The van der Waals surface area contributed by atoms with Crippen molar-refractivity contribution in [2.75, 3.05) is 6.61 Å². The first-order valence-electron chi connectivity index (χ1n) is 6.73. The van der Waals surface area contributed by atoms with Crippen molar-refractivity contribution in [2.24, 2.45) is 0 Å². The van der Waals surface area contributed by atoms with Crippen LogP contribution in [0.5, 0.6) is 5.75 Å². The number of hydrogen-bond donors (Lipinski definition) is 1. The number of nitrogens with zero attached hydrogens (tertiary/aromatic N) is 2. The van der Waals surface area contributed by atoms with Crippen LogP contribution < -0.4 is 4.74 Å². The molecule has 3 rings (SSSR count). The first kappa shape index (κ1) is 13.9. The molecule has 1 N–H and O–H groups in total. The number of benzene rings is 1. The average molecular weight is 303 g/mol. The zero-order valence-electron chi connectivity index (χ0n) is 11.6. The maximum absolute atomic E-state index is 9.67. The minimum absolute atomic E-state index is 0.107. The van der Waals surface area contributed by atoms with Crippen LogP contribution in [0.3, 0.4) is 0 Å². The Balaban J connectivity index is 2.10. The highest BCUT2D eigenvalue weighted by Gasteiger charge is 2.13. The number of pyridine rings is 1. The van der Waals surface area contributed by atoms with E-state index in [4.69, 9.17) is 16.3 Å². The fourth-order valence-corrected chi connectivity index (χ4v) is 2.49. The van der Waals surface area contributed by atoms with Crippen molar-refractivity contribution < 1.29 is 9.84 Å². The van der Waals surface area contributed by atoms with E-state index in [0.29, 0.717) is 11.6 Å².